The molecule has 0 aliphatic carbocycles. The Hall–Kier alpha value is -1.16. The van der Waals surface area contributed by atoms with Crippen LogP contribution in [-0.4, -0.2) is 10.3 Å². The summed E-state index contributed by atoms with van der Waals surface area (Å²) in [6.45, 7) is 1.61. The normalized spacial score (nSPS) is 10.9. The van der Waals surface area contributed by atoms with Crippen LogP contribution in [0.2, 0.25) is 0 Å². The monoisotopic (exact) mass is 261 g/mol. The third-order valence-electron chi connectivity index (χ3n) is 1.56. The van der Waals surface area contributed by atoms with Crippen LogP contribution in [0.5, 0.6) is 11.5 Å². The second-order valence-electron chi connectivity index (χ2n) is 2.67. The minimum Gasteiger partial charge on any atom is -0.450 e. The van der Waals surface area contributed by atoms with Gasteiger partial charge >= 0.3 is 14.6 Å². The lowest BCUT2D eigenvalue weighted by Gasteiger charge is -2.00. The third-order valence-corrected chi connectivity index (χ3v) is 2.02. The van der Waals surface area contributed by atoms with Crippen molar-refractivity contribution < 1.29 is 18.9 Å². The van der Waals surface area contributed by atoms with Crippen molar-refractivity contribution in [2.24, 2.45) is 0 Å². The zero-order valence-electron chi connectivity index (χ0n) is 8.42. The van der Waals surface area contributed by atoms with Crippen molar-refractivity contribution in [1.29, 1.82) is 0 Å². The summed E-state index contributed by atoms with van der Waals surface area (Å²) in [5.74, 6) is 1.54. The van der Waals surface area contributed by atoms with Crippen LogP contribution < -0.4 is 4.74 Å². The van der Waals surface area contributed by atoms with Crippen molar-refractivity contribution in [2.45, 2.75) is 13.3 Å². The molecule has 1 aliphatic heterocycles. The molecule has 0 N–H and O–H groups in total. The largest absolute Gasteiger partial charge is 0.450 e. The number of para-hydroxylation sites is 2. The van der Waals surface area contributed by atoms with Gasteiger partial charge in [0.25, 0.3) is 0 Å². The van der Waals surface area contributed by atoms with E-state index in [4.69, 9.17) is 16.5 Å². The number of fused-ring (bicyclic) bond motifs is 1. The first-order valence-electron chi connectivity index (χ1n) is 4.44. The summed E-state index contributed by atoms with van der Waals surface area (Å²) in [5, 5.41) is 0. The molecule has 0 saturated heterocycles. The smallest absolute Gasteiger partial charge is 0.327 e. The average molecular weight is 262 g/mol. The first-order chi connectivity index (χ1) is 7.67. The molecule has 1 aromatic carbocycles. The Morgan fingerprint density at radius 3 is 2.44 bits per heavy atom. The Labute approximate surface area is 99.2 Å². The Bertz CT molecular complexity index is 367. The van der Waals surface area contributed by atoms with Crippen LogP contribution in [-0.2, 0) is 14.2 Å². The van der Waals surface area contributed by atoms with Crippen LogP contribution in [0.3, 0.4) is 0 Å². The summed E-state index contributed by atoms with van der Waals surface area (Å²) in [5.41, 5.74) is 0. The standard InChI is InChI=1S/C6H4O.C3H5ClNO3P/c1-2-4-6-5(3-1)7-6;1-2-3(6)8-5(4)9-7/h1-4H;2H2,1H3. The Morgan fingerprint density at radius 2 is 2.06 bits per heavy atom. The molecule has 0 amide bonds. The Kier molecular flexibility index (Phi) is 5.19. The van der Waals surface area contributed by atoms with Gasteiger partial charge in [0, 0.05) is 22.6 Å². The lowest BCUT2D eigenvalue weighted by molar-refractivity contribution is -0.157. The molecule has 16 heavy (non-hydrogen) atoms. The number of benzene rings is 1. The van der Waals surface area contributed by atoms with Crippen molar-refractivity contribution in [1.82, 2.24) is 4.35 Å². The van der Waals surface area contributed by atoms with Gasteiger partial charge in [-0.1, -0.05) is 19.1 Å². The van der Waals surface area contributed by atoms with Crippen LogP contribution in [0.15, 0.2) is 24.3 Å². The van der Waals surface area contributed by atoms with Crippen LogP contribution in [0.1, 0.15) is 13.3 Å². The minimum absolute atomic E-state index is 0.207. The van der Waals surface area contributed by atoms with E-state index in [1.54, 1.807) is 6.92 Å². The maximum atomic E-state index is 10.3. The molecule has 2 rings (SSSR count). The van der Waals surface area contributed by atoms with E-state index in [2.05, 4.69) is 4.84 Å². The fourth-order valence-electron chi connectivity index (χ4n) is 0.776. The molecule has 0 spiro atoms. The number of hydrogen-bond donors (Lipinski definition) is 0. The summed E-state index contributed by atoms with van der Waals surface area (Å²) in [6, 6.07) is 7.84. The van der Waals surface area contributed by atoms with Gasteiger partial charge in [0.1, 0.15) is 0 Å². The highest BCUT2D eigenvalue weighted by Gasteiger charge is 2.15. The minimum atomic E-state index is -0.546. The molecule has 0 aromatic heterocycles. The van der Waals surface area contributed by atoms with E-state index < -0.39 is 14.6 Å². The van der Waals surface area contributed by atoms with E-state index in [9.17, 15) is 9.36 Å². The van der Waals surface area contributed by atoms with Crippen molar-refractivity contribution in [3.63, 3.8) is 0 Å². The number of carbonyl (C=O) groups excluding carboxylic acids is 1. The number of rotatable bonds is 3. The number of nitrogens with zero attached hydrogens (tertiary/aromatic N) is 1. The molecule has 0 atom stereocenters. The predicted octanol–water partition coefficient (Wildman–Crippen LogP) is 3.31. The fourth-order valence-corrected chi connectivity index (χ4v) is 0.978. The van der Waals surface area contributed by atoms with E-state index in [1.807, 2.05) is 24.3 Å². The third kappa shape index (κ3) is 4.57. The molecule has 7 heteroatoms. The second-order valence-corrected chi connectivity index (χ2v) is 3.74. The van der Waals surface area contributed by atoms with Gasteiger partial charge in [-0.3, -0.25) is 9.36 Å². The molecule has 0 unspecified atom stereocenters. The van der Waals surface area contributed by atoms with E-state index >= 15 is 0 Å². The molecular formula is C9H9ClNO4P. The van der Waals surface area contributed by atoms with Gasteiger partial charge in [-0.2, -0.15) is 0 Å². The molecule has 0 radical (unpaired) electrons. The average Bonchev–Trinajstić information content (AvgIpc) is 3.08. The molecule has 0 fully saturated rings. The van der Waals surface area contributed by atoms with E-state index in [1.165, 1.54) is 0 Å². The van der Waals surface area contributed by atoms with Crippen LogP contribution in [0.4, 0.5) is 0 Å². The SMILES string of the molecule is CCC(=O)ON(Cl)P=O.c1ccc2c(c1)O2. The molecule has 5 nitrogen and oxygen atoms in total. The number of ether oxygens (including phenoxy) is 1. The van der Waals surface area contributed by atoms with Crippen LogP contribution in [0, 0.1) is 0 Å². The van der Waals surface area contributed by atoms with Crippen LogP contribution in [0.25, 0.3) is 0 Å². The van der Waals surface area contributed by atoms with Gasteiger partial charge in [-0.05, 0) is 12.1 Å². The van der Waals surface area contributed by atoms with Gasteiger partial charge in [0.2, 0.25) is 0 Å². The highest BCUT2D eigenvalue weighted by Crippen LogP contribution is 2.43. The second kappa shape index (κ2) is 6.43. The maximum absolute atomic E-state index is 10.3. The van der Waals surface area contributed by atoms with Gasteiger partial charge in [0.05, 0.1) is 0 Å². The van der Waals surface area contributed by atoms with Crippen LogP contribution >= 0.6 is 20.4 Å². The molecule has 1 aromatic rings. The molecule has 1 heterocycles. The van der Waals surface area contributed by atoms with Gasteiger partial charge < -0.3 is 9.57 Å². The highest BCUT2D eigenvalue weighted by molar-refractivity contribution is 7.22. The summed E-state index contributed by atoms with van der Waals surface area (Å²) < 4.78 is 15.1. The van der Waals surface area contributed by atoms with Gasteiger partial charge in [-0.15, -0.1) is 0 Å². The quantitative estimate of drug-likeness (QED) is 0.367. The van der Waals surface area contributed by atoms with E-state index in [0.717, 1.165) is 11.5 Å². The molecule has 0 saturated carbocycles. The summed E-state index contributed by atoms with van der Waals surface area (Å²) >= 11 is 5.00. The van der Waals surface area contributed by atoms with Crippen molar-refractivity contribution in [3.05, 3.63) is 24.3 Å². The number of hydrogen-bond acceptors (Lipinski definition) is 4. The molecular weight excluding hydrogens is 253 g/mol. The maximum Gasteiger partial charge on any atom is 0.327 e. The van der Waals surface area contributed by atoms with Crippen molar-refractivity contribution >= 4 is 26.4 Å². The van der Waals surface area contributed by atoms with Gasteiger partial charge in [-0.25, -0.2) is 0 Å². The van der Waals surface area contributed by atoms with E-state index in [-0.39, 0.29) is 6.42 Å². The number of halogens is 1. The fraction of sp³-hybridized carbons (Fsp3) is 0.222. The zero-order valence-corrected chi connectivity index (χ0v) is 10.1. The van der Waals surface area contributed by atoms with Gasteiger partial charge in [0.15, 0.2) is 11.5 Å². The van der Waals surface area contributed by atoms with Crippen molar-refractivity contribution in [2.75, 3.05) is 0 Å². The first kappa shape index (κ1) is 12.9. The topological polar surface area (TPSA) is 59.1 Å². The summed E-state index contributed by atoms with van der Waals surface area (Å²) in [6.07, 6.45) is 0.207. The lowest BCUT2D eigenvalue weighted by atomic mass is 10.4. The summed E-state index contributed by atoms with van der Waals surface area (Å²) in [7, 11) is -0.546. The highest BCUT2D eigenvalue weighted by atomic mass is 35.5. The molecule has 86 valence electrons. The molecule has 0 bridgehead atoms. The first-order valence-corrected chi connectivity index (χ1v) is 5.54. The Morgan fingerprint density at radius 1 is 1.50 bits per heavy atom. The summed E-state index contributed by atoms with van der Waals surface area (Å²) in [4.78, 5) is 14.5. The predicted molar refractivity (Wildman–Crippen MR) is 58.2 cm³/mol. The zero-order chi connectivity index (χ0) is 12.0. The number of carbonyl (C=O) groups is 1. The molecule has 1 aliphatic rings. The van der Waals surface area contributed by atoms with Crippen molar-refractivity contribution in [3.8, 4) is 11.5 Å². The van der Waals surface area contributed by atoms with E-state index in [0.29, 0.717) is 4.35 Å². The Balaban J connectivity index is 0.000000163. The lowest BCUT2D eigenvalue weighted by Crippen LogP contribution is -2.07.